The first-order chi connectivity index (χ1) is 8.31. The fourth-order valence-corrected chi connectivity index (χ4v) is 1.67. The summed E-state index contributed by atoms with van der Waals surface area (Å²) in [4.78, 5) is 19.9. The standard InChI is InChI=1S/C13H21N3O2/c1-9-6-15-11(7-14-9)12(18)16-10(8-17)5-13(2,3)4/h6-7,10,17H,5,8H2,1-4H3,(H,16,18). The van der Waals surface area contributed by atoms with Crippen molar-refractivity contribution in [3.8, 4) is 0 Å². The lowest BCUT2D eigenvalue weighted by Gasteiger charge is -2.25. The third-order valence-corrected chi connectivity index (χ3v) is 2.43. The Morgan fingerprint density at radius 1 is 1.39 bits per heavy atom. The maximum Gasteiger partial charge on any atom is 0.271 e. The van der Waals surface area contributed by atoms with Crippen LogP contribution in [-0.2, 0) is 0 Å². The minimum absolute atomic E-state index is 0.0413. The predicted octanol–water partition coefficient (Wildman–Crippen LogP) is 1.31. The molecule has 0 aliphatic carbocycles. The molecule has 1 rings (SSSR count). The van der Waals surface area contributed by atoms with Gasteiger partial charge < -0.3 is 10.4 Å². The van der Waals surface area contributed by atoms with E-state index < -0.39 is 0 Å². The van der Waals surface area contributed by atoms with E-state index in [1.807, 2.05) is 6.92 Å². The average molecular weight is 251 g/mol. The summed E-state index contributed by atoms with van der Waals surface area (Å²) in [6, 6.07) is -0.263. The van der Waals surface area contributed by atoms with Crippen molar-refractivity contribution >= 4 is 5.91 Å². The Kier molecular flexibility index (Phi) is 4.78. The Labute approximate surface area is 108 Å². The van der Waals surface area contributed by atoms with Crippen LogP contribution in [0.2, 0.25) is 0 Å². The number of aliphatic hydroxyl groups excluding tert-OH is 1. The second-order valence-corrected chi connectivity index (χ2v) is 5.66. The molecule has 1 heterocycles. The molecule has 0 radical (unpaired) electrons. The molecule has 1 atom stereocenters. The lowest BCUT2D eigenvalue weighted by atomic mass is 9.88. The molecule has 0 aromatic carbocycles. The highest BCUT2D eigenvalue weighted by Gasteiger charge is 2.20. The molecule has 100 valence electrons. The minimum Gasteiger partial charge on any atom is -0.394 e. The third-order valence-electron chi connectivity index (χ3n) is 2.43. The van der Waals surface area contributed by atoms with E-state index in [1.165, 1.54) is 6.20 Å². The number of rotatable bonds is 4. The number of amides is 1. The summed E-state index contributed by atoms with van der Waals surface area (Å²) in [5.41, 5.74) is 1.08. The molecule has 5 heteroatoms. The van der Waals surface area contributed by atoms with Crippen LogP contribution in [0.1, 0.15) is 43.4 Å². The van der Waals surface area contributed by atoms with Crippen LogP contribution in [-0.4, -0.2) is 33.6 Å². The van der Waals surface area contributed by atoms with Crippen molar-refractivity contribution in [2.75, 3.05) is 6.61 Å². The molecule has 0 aliphatic rings. The zero-order valence-corrected chi connectivity index (χ0v) is 11.4. The van der Waals surface area contributed by atoms with Gasteiger partial charge in [0.2, 0.25) is 0 Å². The molecular weight excluding hydrogens is 230 g/mol. The SMILES string of the molecule is Cc1cnc(C(=O)NC(CO)CC(C)(C)C)cn1. The van der Waals surface area contributed by atoms with Crippen LogP contribution in [0.4, 0.5) is 0 Å². The van der Waals surface area contributed by atoms with Crippen molar-refractivity contribution in [2.45, 2.75) is 40.2 Å². The second-order valence-electron chi connectivity index (χ2n) is 5.66. The first-order valence-corrected chi connectivity index (χ1v) is 6.02. The smallest absolute Gasteiger partial charge is 0.271 e. The number of hydrogen-bond donors (Lipinski definition) is 2. The van der Waals surface area contributed by atoms with Crippen molar-refractivity contribution in [3.63, 3.8) is 0 Å². The Bertz CT molecular complexity index is 396. The maximum absolute atomic E-state index is 11.9. The minimum atomic E-state index is -0.300. The molecule has 18 heavy (non-hydrogen) atoms. The molecule has 0 saturated heterocycles. The number of carbonyl (C=O) groups is 1. The lowest BCUT2D eigenvalue weighted by Crippen LogP contribution is -2.40. The van der Waals surface area contributed by atoms with Crippen molar-refractivity contribution in [1.29, 1.82) is 0 Å². The van der Waals surface area contributed by atoms with Gasteiger partial charge in [0.25, 0.3) is 5.91 Å². The van der Waals surface area contributed by atoms with Gasteiger partial charge >= 0.3 is 0 Å². The van der Waals surface area contributed by atoms with E-state index >= 15 is 0 Å². The van der Waals surface area contributed by atoms with Crippen molar-refractivity contribution < 1.29 is 9.90 Å². The van der Waals surface area contributed by atoms with Crippen molar-refractivity contribution in [1.82, 2.24) is 15.3 Å². The second kappa shape index (κ2) is 5.91. The highest BCUT2D eigenvalue weighted by atomic mass is 16.3. The van der Waals surface area contributed by atoms with E-state index in [-0.39, 0.29) is 29.7 Å². The van der Waals surface area contributed by atoms with Crippen LogP contribution in [0.3, 0.4) is 0 Å². The summed E-state index contributed by atoms with van der Waals surface area (Å²) in [5.74, 6) is -0.300. The summed E-state index contributed by atoms with van der Waals surface area (Å²) in [5, 5.41) is 12.0. The molecule has 5 nitrogen and oxygen atoms in total. The van der Waals surface area contributed by atoms with Crippen LogP contribution in [0.15, 0.2) is 12.4 Å². The first kappa shape index (κ1) is 14.6. The summed E-state index contributed by atoms with van der Waals surface area (Å²) < 4.78 is 0. The quantitative estimate of drug-likeness (QED) is 0.846. The number of nitrogens with one attached hydrogen (secondary N) is 1. The Hall–Kier alpha value is -1.49. The molecule has 0 fully saturated rings. The molecule has 1 aromatic heterocycles. The zero-order chi connectivity index (χ0) is 13.8. The van der Waals surface area contributed by atoms with Gasteiger partial charge in [-0.3, -0.25) is 9.78 Å². The van der Waals surface area contributed by atoms with Crippen molar-refractivity contribution in [2.24, 2.45) is 5.41 Å². The molecule has 0 bridgehead atoms. The molecule has 0 aliphatic heterocycles. The monoisotopic (exact) mass is 251 g/mol. The van der Waals surface area contributed by atoms with Gasteiger partial charge in [-0.15, -0.1) is 0 Å². The molecule has 1 aromatic rings. The fraction of sp³-hybridized carbons (Fsp3) is 0.615. The van der Waals surface area contributed by atoms with E-state index in [1.54, 1.807) is 6.20 Å². The van der Waals surface area contributed by atoms with Gasteiger partial charge in [-0.2, -0.15) is 0 Å². The number of nitrogens with zero attached hydrogens (tertiary/aromatic N) is 2. The molecule has 1 unspecified atom stereocenters. The van der Waals surface area contributed by atoms with E-state index in [2.05, 4.69) is 36.1 Å². The summed E-state index contributed by atoms with van der Waals surface area (Å²) in [6.45, 7) is 7.92. The Morgan fingerprint density at radius 3 is 2.50 bits per heavy atom. The van der Waals surface area contributed by atoms with Crippen LogP contribution in [0.25, 0.3) is 0 Å². The Morgan fingerprint density at radius 2 is 2.06 bits per heavy atom. The van der Waals surface area contributed by atoms with E-state index in [0.29, 0.717) is 6.42 Å². The molecular formula is C13H21N3O2. The van der Waals surface area contributed by atoms with Gasteiger partial charge in [-0.25, -0.2) is 4.98 Å². The van der Waals surface area contributed by atoms with Gasteiger partial charge in [0, 0.05) is 6.20 Å². The summed E-state index contributed by atoms with van der Waals surface area (Å²) >= 11 is 0. The summed E-state index contributed by atoms with van der Waals surface area (Å²) in [6.07, 6.45) is 3.69. The number of hydrogen-bond acceptors (Lipinski definition) is 4. The number of aliphatic hydroxyl groups is 1. The van der Waals surface area contributed by atoms with Crippen LogP contribution in [0, 0.1) is 12.3 Å². The van der Waals surface area contributed by atoms with Gasteiger partial charge in [0.05, 0.1) is 24.5 Å². The number of aryl methyl sites for hydroxylation is 1. The first-order valence-electron chi connectivity index (χ1n) is 6.02. The van der Waals surface area contributed by atoms with E-state index in [4.69, 9.17) is 0 Å². The van der Waals surface area contributed by atoms with E-state index in [9.17, 15) is 9.90 Å². The highest BCUT2D eigenvalue weighted by Crippen LogP contribution is 2.20. The lowest BCUT2D eigenvalue weighted by molar-refractivity contribution is 0.0892. The normalized spacial score (nSPS) is 13.2. The van der Waals surface area contributed by atoms with Crippen molar-refractivity contribution in [3.05, 3.63) is 23.8 Å². The van der Waals surface area contributed by atoms with E-state index in [0.717, 1.165) is 5.69 Å². The van der Waals surface area contributed by atoms with Gasteiger partial charge in [0.15, 0.2) is 0 Å². The fourth-order valence-electron chi connectivity index (χ4n) is 1.67. The van der Waals surface area contributed by atoms with Crippen LogP contribution in [0.5, 0.6) is 0 Å². The average Bonchev–Trinajstić information content (AvgIpc) is 2.27. The molecule has 1 amide bonds. The molecule has 0 spiro atoms. The van der Waals surface area contributed by atoms with Crippen LogP contribution >= 0.6 is 0 Å². The van der Waals surface area contributed by atoms with Gasteiger partial charge in [-0.05, 0) is 18.8 Å². The third kappa shape index (κ3) is 4.79. The van der Waals surface area contributed by atoms with Crippen LogP contribution < -0.4 is 5.32 Å². The molecule has 0 saturated carbocycles. The summed E-state index contributed by atoms with van der Waals surface area (Å²) in [7, 11) is 0. The van der Waals surface area contributed by atoms with Gasteiger partial charge in [-0.1, -0.05) is 20.8 Å². The molecule has 2 N–H and O–H groups in total. The van der Waals surface area contributed by atoms with Gasteiger partial charge in [0.1, 0.15) is 5.69 Å². The predicted molar refractivity (Wildman–Crippen MR) is 69.2 cm³/mol. The zero-order valence-electron chi connectivity index (χ0n) is 11.4. The number of carbonyl (C=O) groups excluding carboxylic acids is 1. The largest absolute Gasteiger partial charge is 0.394 e. The topological polar surface area (TPSA) is 75.1 Å². The highest BCUT2D eigenvalue weighted by molar-refractivity contribution is 5.92. The number of aromatic nitrogens is 2. The Balaban J connectivity index is 2.65. The maximum atomic E-state index is 11.9.